The molecule has 0 saturated carbocycles. The van der Waals surface area contributed by atoms with E-state index in [-0.39, 0.29) is 0 Å². The largest absolute Gasteiger partial charge is 0.399 e. The van der Waals surface area contributed by atoms with Gasteiger partial charge >= 0.3 is 0 Å². The highest BCUT2D eigenvalue weighted by atomic mass is 32.1. The number of pyridine rings is 1. The second-order valence-electron chi connectivity index (χ2n) is 5.05. The van der Waals surface area contributed by atoms with E-state index in [2.05, 4.69) is 39.8 Å². The van der Waals surface area contributed by atoms with Gasteiger partial charge in [0.2, 0.25) is 0 Å². The minimum absolute atomic E-state index is 0.772. The summed E-state index contributed by atoms with van der Waals surface area (Å²) in [7, 11) is 2.11. The predicted molar refractivity (Wildman–Crippen MR) is 87.3 cm³/mol. The number of nitrogens with two attached hydrogens (primary N) is 1. The van der Waals surface area contributed by atoms with Gasteiger partial charge < -0.3 is 10.6 Å². The molecule has 4 heteroatoms. The van der Waals surface area contributed by atoms with Gasteiger partial charge in [-0.25, -0.2) is 0 Å². The van der Waals surface area contributed by atoms with Crippen molar-refractivity contribution in [3.63, 3.8) is 0 Å². The number of hydrogen-bond acceptors (Lipinski definition) is 4. The predicted octanol–water partition coefficient (Wildman–Crippen LogP) is 3.82. The van der Waals surface area contributed by atoms with E-state index in [1.807, 2.05) is 25.1 Å². The summed E-state index contributed by atoms with van der Waals surface area (Å²) < 4.78 is 0. The zero-order valence-corrected chi connectivity index (χ0v) is 12.4. The summed E-state index contributed by atoms with van der Waals surface area (Å²) in [6, 6.07) is 10.2. The lowest BCUT2D eigenvalue weighted by Crippen LogP contribution is -2.16. The van der Waals surface area contributed by atoms with Gasteiger partial charge in [0.1, 0.15) is 0 Å². The number of hydrogen-bond donors (Lipinski definition) is 1. The highest BCUT2D eigenvalue weighted by molar-refractivity contribution is 7.07. The monoisotopic (exact) mass is 283 g/mol. The van der Waals surface area contributed by atoms with Gasteiger partial charge in [-0.05, 0) is 53.6 Å². The highest BCUT2D eigenvalue weighted by Crippen LogP contribution is 2.28. The van der Waals surface area contributed by atoms with Crippen LogP contribution in [-0.4, -0.2) is 12.0 Å². The van der Waals surface area contributed by atoms with Crippen LogP contribution in [0.1, 0.15) is 11.3 Å². The minimum atomic E-state index is 0.772. The van der Waals surface area contributed by atoms with Crippen LogP contribution in [0.15, 0.2) is 41.1 Å². The molecule has 0 saturated heterocycles. The van der Waals surface area contributed by atoms with E-state index in [0.717, 1.165) is 28.8 Å². The van der Waals surface area contributed by atoms with Gasteiger partial charge in [0.25, 0.3) is 0 Å². The molecule has 2 aromatic heterocycles. The molecule has 0 aliphatic carbocycles. The summed E-state index contributed by atoms with van der Waals surface area (Å²) in [4.78, 5) is 6.83. The second kappa shape index (κ2) is 5.13. The normalized spacial score (nSPS) is 10.9. The molecule has 0 aliphatic rings. The van der Waals surface area contributed by atoms with Crippen molar-refractivity contribution in [2.24, 2.45) is 0 Å². The number of aryl methyl sites for hydroxylation is 1. The number of anilines is 2. The van der Waals surface area contributed by atoms with Crippen LogP contribution in [0.5, 0.6) is 0 Å². The molecule has 2 N–H and O–H groups in total. The molecule has 0 bridgehead atoms. The summed E-state index contributed by atoms with van der Waals surface area (Å²) in [6.07, 6.45) is 0. The zero-order chi connectivity index (χ0) is 14.1. The van der Waals surface area contributed by atoms with Gasteiger partial charge in [0, 0.05) is 36.0 Å². The van der Waals surface area contributed by atoms with Gasteiger partial charge in [-0.3, -0.25) is 4.98 Å². The standard InChI is InChI=1S/C16H17N3S/c1-11-7-16(19(2)9-12-5-6-20-10-12)14-8-13(17)3-4-15(14)18-11/h3-8,10H,9,17H2,1-2H3. The number of aromatic nitrogens is 1. The third kappa shape index (κ3) is 2.47. The summed E-state index contributed by atoms with van der Waals surface area (Å²) >= 11 is 1.73. The number of nitrogens with zero attached hydrogens (tertiary/aromatic N) is 2. The first-order valence-corrected chi connectivity index (χ1v) is 7.47. The molecular formula is C16H17N3S. The van der Waals surface area contributed by atoms with Gasteiger partial charge in [-0.2, -0.15) is 11.3 Å². The lowest BCUT2D eigenvalue weighted by Gasteiger charge is -2.21. The zero-order valence-electron chi connectivity index (χ0n) is 11.6. The average Bonchev–Trinajstić information content (AvgIpc) is 2.91. The van der Waals surface area contributed by atoms with Crippen molar-refractivity contribution in [2.45, 2.75) is 13.5 Å². The van der Waals surface area contributed by atoms with E-state index in [1.165, 1.54) is 11.3 Å². The maximum atomic E-state index is 5.92. The van der Waals surface area contributed by atoms with Crippen LogP contribution in [0, 0.1) is 6.92 Å². The van der Waals surface area contributed by atoms with Gasteiger partial charge in [0.15, 0.2) is 0 Å². The number of thiophene rings is 1. The van der Waals surface area contributed by atoms with Crippen molar-refractivity contribution in [1.29, 1.82) is 0 Å². The van der Waals surface area contributed by atoms with Crippen molar-refractivity contribution in [1.82, 2.24) is 4.98 Å². The third-order valence-corrected chi connectivity index (χ3v) is 4.08. The molecule has 0 fully saturated rings. The van der Waals surface area contributed by atoms with Crippen molar-refractivity contribution < 1.29 is 0 Å². The fourth-order valence-electron chi connectivity index (χ4n) is 2.41. The third-order valence-electron chi connectivity index (χ3n) is 3.35. The molecule has 2 heterocycles. The molecule has 0 aliphatic heterocycles. The number of benzene rings is 1. The maximum absolute atomic E-state index is 5.92. The Labute approximate surface area is 122 Å². The Balaban J connectivity index is 2.07. The van der Waals surface area contributed by atoms with Crippen LogP contribution in [0.25, 0.3) is 10.9 Å². The highest BCUT2D eigenvalue weighted by Gasteiger charge is 2.09. The summed E-state index contributed by atoms with van der Waals surface area (Å²) in [5.41, 5.74) is 11.2. The smallest absolute Gasteiger partial charge is 0.0727 e. The van der Waals surface area contributed by atoms with Crippen LogP contribution < -0.4 is 10.6 Å². The molecule has 1 aromatic carbocycles. The lowest BCUT2D eigenvalue weighted by molar-refractivity contribution is 0.930. The van der Waals surface area contributed by atoms with Crippen LogP contribution >= 0.6 is 11.3 Å². The number of nitrogen functional groups attached to an aromatic ring is 1. The fraction of sp³-hybridized carbons (Fsp3) is 0.188. The van der Waals surface area contributed by atoms with Crippen molar-refractivity contribution in [2.75, 3.05) is 17.7 Å². The van der Waals surface area contributed by atoms with Gasteiger partial charge in [0.05, 0.1) is 5.52 Å². The Bertz CT molecular complexity index is 735. The average molecular weight is 283 g/mol. The van der Waals surface area contributed by atoms with Crippen LogP contribution in [0.4, 0.5) is 11.4 Å². The molecular weight excluding hydrogens is 266 g/mol. The molecule has 0 radical (unpaired) electrons. The number of rotatable bonds is 3. The molecule has 3 rings (SSSR count). The fourth-order valence-corrected chi connectivity index (χ4v) is 3.07. The first kappa shape index (κ1) is 12.9. The molecule has 20 heavy (non-hydrogen) atoms. The van der Waals surface area contributed by atoms with Crippen LogP contribution in [0.2, 0.25) is 0 Å². The molecule has 0 spiro atoms. The Kier molecular flexibility index (Phi) is 3.32. The molecule has 102 valence electrons. The summed E-state index contributed by atoms with van der Waals surface area (Å²) in [5, 5.41) is 5.39. The van der Waals surface area contributed by atoms with Gasteiger partial charge in [-0.15, -0.1) is 0 Å². The van der Waals surface area contributed by atoms with Crippen molar-refractivity contribution >= 4 is 33.6 Å². The number of fused-ring (bicyclic) bond motifs is 1. The Morgan fingerprint density at radius 1 is 1.25 bits per heavy atom. The Hall–Kier alpha value is -2.07. The Morgan fingerprint density at radius 2 is 2.10 bits per heavy atom. The quantitative estimate of drug-likeness (QED) is 0.743. The minimum Gasteiger partial charge on any atom is -0.399 e. The SMILES string of the molecule is Cc1cc(N(C)Cc2ccsc2)c2cc(N)ccc2n1. The van der Waals surface area contributed by atoms with Gasteiger partial charge in [-0.1, -0.05) is 0 Å². The van der Waals surface area contributed by atoms with Crippen molar-refractivity contribution in [3.8, 4) is 0 Å². The summed E-state index contributed by atoms with van der Waals surface area (Å²) in [5.74, 6) is 0. The molecule has 3 nitrogen and oxygen atoms in total. The molecule has 3 aromatic rings. The van der Waals surface area contributed by atoms with Crippen LogP contribution in [-0.2, 0) is 6.54 Å². The molecule has 0 atom stereocenters. The second-order valence-corrected chi connectivity index (χ2v) is 5.83. The lowest BCUT2D eigenvalue weighted by atomic mass is 10.1. The van der Waals surface area contributed by atoms with E-state index >= 15 is 0 Å². The van der Waals surface area contributed by atoms with E-state index in [9.17, 15) is 0 Å². The van der Waals surface area contributed by atoms with E-state index in [4.69, 9.17) is 5.73 Å². The Morgan fingerprint density at radius 3 is 2.85 bits per heavy atom. The first-order chi connectivity index (χ1) is 9.63. The van der Waals surface area contributed by atoms with Crippen LogP contribution in [0.3, 0.4) is 0 Å². The topological polar surface area (TPSA) is 42.1 Å². The van der Waals surface area contributed by atoms with E-state index in [1.54, 1.807) is 11.3 Å². The van der Waals surface area contributed by atoms with E-state index < -0.39 is 0 Å². The van der Waals surface area contributed by atoms with E-state index in [0.29, 0.717) is 0 Å². The first-order valence-electron chi connectivity index (χ1n) is 6.52. The molecule has 0 amide bonds. The maximum Gasteiger partial charge on any atom is 0.0727 e. The summed E-state index contributed by atoms with van der Waals surface area (Å²) in [6.45, 7) is 2.91. The molecule has 0 unspecified atom stereocenters. The van der Waals surface area contributed by atoms with Crippen molar-refractivity contribution in [3.05, 3.63) is 52.3 Å².